The predicted octanol–water partition coefficient (Wildman–Crippen LogP) is 3.28. The molecular weight excluding hydrogens is 467 g/mol. The van der Waals surface area contributed by atoms with Gasteiger partial charge in [0.1, 0.15) is 5.75 Å². The van der Waals surface area contributed by atoms with Gasteiger partial charge in [-0.3, -0.25) is 4.99 Å². The smallest absolute Gasteiger partial charge is 0.191 e. The van der Waals surface area contributed by atoms with E-state index in [0.29, 0.717) is 6.61 Å². The van der Waals surface area contributed by atoms with Crippen LogP contribution in [0.1, 0.15) is 11.1 Å². The number of hydrogen-bond acceptors (Lipinski definition) is 4. The van der Waals surface area contributed by atoms with Gasteiger partial charge in [0.25, 0.3) is 0 Å². The van der Waals surface area contributed by atoms with Crippen LogP contribution < -0.4 is 20.7 Å². The van der Waals surface area contributed by atoms with Crippen molar-refractivity contribution in [3.05, 3.63) is 59.7 Å². The molecule has 0 unspecified atom stereocenters. The number of nitrogens with one attached hydrogen (secondary N) is 3. The average molecular weight is 498 g/mol. The molecule has 2 aromatic carbocycles. The maximum atomic E-state index is 5.18. The fraction of sp³-hybridized carbons (Fsp3) is 0.381. The van der Waals surface area contributed by atoms with Crippen molar-refractivity contribution in [2.24, 2.45) is 4.99 Å². The Kier molecular flexibility index (Phi) is 12.1. The Morgan fingerprint density at radius 2 is 1.57 bits per heavy atom. The molecule has 2 rings (SSSR count). The third kappa shape index (κ3) is 8.79. The van der Waals surface area contributed by atoms with Gasteiger partial charge in [0.15, 0.2) is 5.96 Å². The monoisotopic (exact) mass is 498 g/mol. The average Bonchev–Trinajstić information content (AvgIpc) is 2.72. The van der Waals surface area contributed by atoms with Crippen LogP contribution in [0.3, 0.4) is 0 Å². The third-order valence-electron chi connectivity index (χ3n) is 4.14. The highest BCUT2D eigenvalue weighted by Gasteiger charge is 2.00. The topological polar surface area (TPSA) is 66.9 Å². The van der Waals surface area contributed by atoms with Crippen LogP contribution in [-0.4, -0.2) is 46.9 Å². The molecule has 0 heterocycles. The summed E-state index contributed by atoms with van der Waals surface area (Å²) in [6.07, 6.45) is 0.923. The minimum absolute atomic E-state index is 0. The summed E-state index contributed by atoms with van der Waals surface area (Å²) in [5.41, 5.74) is 3.55. The summed E-state index contributed by atoms with van der Waals surface area (Å²) in [5, 5.41) is 9.99. The maximum Gasteiger partial charge on any atom is 0.191 e. The van der Waals surface area contributed by atoms with Gasteiger partial charge in [0, 0.05) is 39.5 Å². The standard InChI is InChI=1S/C21H30N4O2.HI/c1-22-21(24-13-12-17-6-10-20(27-3)11-7-17)25-16-18-4-8-19(9-5-18)23-14-15-26-2;/h4-11,23H,12-16H2,1-3H3,(H2,22,24,25);1H. The first-order valence-corrected chi connectivity index (χ1v) is 9.14. The van der Waals surface area contributed by atoms with Gasteiger partial charge in [-0.05, 0) is 41.8 Å². The summed E-state index contributed by atoms with van der Waals surface area (Å²) in [6.45, 7) is 3.04. The van der Waals surface area contributed by atoms with E-state index < -0.39 is 0 Å². The number of benzene rings is 2. The number of methoxy groups -OCH3 is 2. The fourth-order valence-corrected chi connectivity index (χ4v) is 2.56. The predicted molar refractivity (Wildman–Crippen MR) is 127 cm³/mol. The summed E-state index contributed by atoms with van der Waals surface area (Å²) < 4.78 is 10.2. The number of rotatable bonds is 10. The Bertz CT molecular complexity index is 691. The van der Waals surface area contributed by atoms with Crippen molar-refractivity contribution in [1.29, 1.82) is 0 Å². The highest BCUT2D eigenvalue weighted by molar-refractivity contribution is 14.0. The van der Waals surface area contributed by atoms with Crippen molar-refractivity contribution in [1.82, 2.24) is 10.6 Å². The van der Waals surface area contributed by atoms with Crippen LogP contribution in [0.15, 0.2) is 53.5 Å². The largest absolute Gasteiger partial charge is 0.497 e. The van der Waals surface area contributed by atoms with E-state index in [0.717, 1.165) is 43.5 Å². The summed E-state index contributed by atoms with van der Waals surface area (Å²) >= 11 is 0. The molecular formula is C21H31IN4O2. The number of guanidine groups is 1. The lowest BCUT2D eigenvalue weighted by Gasteiger charge is -2.13. The second kappa shape index (κ2) is 14.1. The molecule has 0 saturated heterocycles. The van der Waals surface area contributed by atoms with Gasteiger partial charge in [-0.1, -0.05) is 24.3 Å². The highest BCUT2D eigenvalue weighted by Crippen LogP contribution is 2.11. The summed E-state index contributed by atoms with van der Waals surface area (Å²) in [5.74, 6) is 1.68. The van der Waals surface area contributed by atoms with Crippen molar-refractivity contribution in [2.45, 2.75) is 13.0 Å². The molecule has 7 heteroatoms. The van der Waals surface area contributed by atoms with Crippen molar-refractivity contribution in [3.63, 3.8) is 0 Å². The van der Waals surface area contributed by atoms with Crippen molar-refractivity contribution in [3.8, 4) is 5.75 Å². The summed E-state index contributed by atoms with van der Waals surface area (Å²) in [6, 6.07) is 16.5. The molecule has 0 radical (unpaired) electrons. The van der Waals surface area contributed by atoms with E-state index in [1.807, 2.05) is 12.1 Å². The van der Waals surface area contributed by atoms with Crippen LogP contribution in [0.25, 0.3) is 0 Å². The number of hydrogen-bond donors (Lipinski definition) is 3. The van der Waals surface area contributed by atoms with Gasteiger partial charge in [-0.2, -0.15) is 0 Å². The van der Waals surface area contributed by atoms with Crippen LogP contribution >= 0.6 is 24.0 Å². The quantitative estimate of drug-likeness (QED) is 0.203. The van der Waals surface area contributed by atoms with Gasteiger partial charge in [-0.15, -0.1) is 24.0 Å². The molecule has 0 saturated carbocycles. The van der Waals surface area contributed by atoms with E-state index in [9.17, 15) is 0 Å². The zero-order chi connectivity index (χ0) is 19.3. The molecule has 0 aliphatic heterocycles. The Morgan fingerprint density at radius 1 is 0.893 bits per heavy atom. The fourth-order valence-electron chi connectivity index (χ4n) is 2.56. The lowest BCUT2D eigenvalue weighted by Crippen LogP contribution is -2.37. The SMILES string of the molecule is CN=C(NCCc1ccc(OC)cc1)NCc1ccc(NCCOC)cc1.I. The van der Waals surface area contributed by atoms with Gasteiger partial charge >= 0.3 is 0 Å². The normalized spacial score (nSPS) is 10.8. The third-order valence-corrected chi connectivity index (χ3v) is 4.14. The number of anilines is 1. The zero-order valence-corrected chi connectivity index (χ0v) is 19.2. The molecule has 28 heavy (non-hydrogen) atoms. The Morgan fingerprint density at radius 3 is 2.18 bits per heavy atom. The van der Waals surface area contributed by atoms with E-state index >= 15 is 0 Å². The molecule has 0 bridgehead atoms. The van der Waals surface area contributed by atoms with Crippen molar-refractivity contribution >= 4 is 35.6 Å². The second-order valence-corrected chi connectivity index (χ2v) is 6.07. The van der Waals surface area contributed by atoms with E-state index in [4.69, 9.17) is 9.47 Å². The first-order valence-electron chi connectivity index (χ1n) is 9.14. The first-order chi connectivity index (χ1) is 13.2. The molecule has 0 aliphatic rings. The minimum Gasteiger partial charge on any atom is -0.497 e. The van der Waals surface area contributed by atoms with E-state index in [1.54, 1.807) is 21.3 Å². The van der Waals surface area contributed by atoms with Gasteiger partial charge < -0.3 is 25.4 Å². The second-order valence-electron chi connectivity index (χ2n) is 6.07. The van der Waals surface area contributed by atoms with Crippen LogP contribution in [0.5, 0.6) is 5.75 Å². The molecule has 2 aromatic rings. The summed E-state index contributed by atoms with van der Waals surface area (Å²) in [4.78, 5) is 4.28. The number of ether oxygens (including phenoxy) is 2. The molecule has 6 nitrogen and oxygen atoms in total. The van der Waals surface area contributed by atoms with E-state index in [-0.39, 0.29) is 24.0 Å². The van der Waals surface area contributed by atoms with Gasteiger partial charge in [0.05, 0.1) is 13.7 Å². The van der Waals surface area contributed by atoms with E-state index in [1.165, 1.54) is 11.1 Å². The molecule has 0 atom stereocenters. The molecule has 0 fully saturated rings. The Balaban J connectivity index is 0.00000392. The lowest BCUT2D eigenvalue weighted by molar-refractivity contribution is 0.211. The Hall–Kier alpha value is -2.00. The molecule has 154 valence electrons. The molecule has 0 aromatic heterocycles. The zero-order valence-electron chi connectivity index (χ0n) is 16.8. The lowest BCUT2D eigenvalue weighted by atomic mass is 10.1. The molecule has 0 amide bonds. The van der Waals surface area contributed by atoms with Crippen LogP contribution in [0, 0.1) is 0 Å². The van der Waals surface area contributed by atoms with Gasteiger partial charge in [0.2, 0.25) is 0 Å². The van der Waals surface area contributed by atoms with Crippen LogP contribution in [0.2, 0.25) is 0 Å². The van der Waals surface area contributed by atoms with E-state index in [2.05, 4.69) is 57.3 Å². The number of aliphatic imine (C=N–C) groups is 1. The number of halogens is 1. The molecule has 0 aliphatic carbocycles. The van der Waals surface area contributed by atoms with Crippen LogP contribution in [-0.2, 0) is 17.7 Å². The van der Waals surface area contributed by atoms with Crippen molar-refractivity contribution < 1.29 is 9.47 Å². The highest BCUT2D eigenvalue weighted by atomic mass is 127. The van der Waals surface area contributed by atoms with Gasteiger partial charge in [-0.25, -0.2) is 0 Å². The van der Waals surface area contributed by atoms with Crippen LogP contribution in [0.4, 0.5) is 5.69 Å². The molecule has 3 N–H and O–H groups in total. The van der Waals surface area contributed by atoms with Crippen molar-refractivity contribution in [2.75, 3.05) is 46.3 Å². The molecule has 0 spiro atoms. The number of nitrogens with zero attached hydrogens (tertiary/aromatic N) is 1. The maximum absolute atomic E-state index is 5.18. The summed E-state index contributed by atoms with van der Waals surface area (Å²) in [7, 11) is 5.16. The first kappa shape index (κ1) is 24.0. The minimum atomic E-state index is 0. The Labute approximate surface area is 185 Å².